The lowest BCUT2D eigenvalue weighted by molar-refractivity contribution is 0.173. The highest BCUT2D eigenvalue weighted by atomic mass is 16.5. The molecule has 1 rings (SSSR count). The number of benzene rings is 1. The smallest absolute Gasteiger partial charge is 0.119 e. The van der Waals surface area contributed by atoms with Crippen molar-refractivity contribution in [2.75, 3.05) is 6.61 Å². The van der Waals surface area contributed by atoms with Gasteiger partial charge in [-0.1, -0.05) is 38.8 Å². The van der Waals surface area contributed by atoms with Gasteiger partial charge in [0, 0.05) is 0 Å². The Bertz CT molecular complexity index is 279. The molecule has 0 aliphatic rings. The Morgan fingerprint density at radius 2 is 1.81 bits per heavy atom. The molecule has 1 N–H and O–H groups in total. The second-order valence-electron chi connectivity index (χ2n) is 4.05. The summed E-state index contributed by atoms with van der Waals surface area (Å²) in [6.07, 6.45) is 3.93. The van der Waals surface area contributed by atoms with Crippen LogP contribution in [0.5, 0.6) is 5.75 Å². The normalized spacial score (nSPS) is 12.4. The van der Waals surface area contributed by atoms with E-state index in [9.17, 15) is 5.11 Å². The molecule has 0 radical (unpaired) electrons. The zero-order chi connectivity index (χ0) is 11.8. The SMILES string of the molecule is CCCCCOc1ccc([C@H](O)CC)cc1. The number of ether oxygens (including phenoxy) is 1. The van der Waals surface area contributed by atoms with Gasteiger partial charge in [0.15, 0.2) is 0 Å². The largest absolute Gasteiger partial charge is 0.494 e. The molecule has 0 unspecified atom stereocenters. The molecule has 0 saturated carbocycles. The number of aliphatic hydroxyl groups is 1. The summed E-state index contributed by atoms with van der Waals surface area (Å²) < 4.78 is 5.59. The molecule has 0 spiro atoms. The monoisotopic (exact) mass is 222 g/mol. The average Bonchev–Trinajstić information content (AvgIpc) is 2.34. The van der Waals surface area contributed by atoms with Crippen LogP contribution < -0.4 is 4.74 Å². The molecule has 0 aromatic heterocycles. The lowest BCUT2D eigenvalue weighted by Gasteiger charge is -2.10. The Hall–Kier alpha value is -1.02. The van der Waals surface area contributed by atoms with Crippen LogP contribution in [0.1, 0.15) is 51.2 Å². The molecule has 90 valence electrons. The first-order valence-electron chi connectivity index (χ1n) is 6.18. The number of rotatable bonds is 7. The number of aliphatic hydroxyl groups excluding tert-OH is 1. The highest BCUT2D eigenvalue weighted by molar-refractivity contribution is 5.28. The Balaban J connectivity index is 2.39. The maximum absolute atomic E-state index is 9.63. The molecule has 0 heterocycles. The zero-order valence-corrected chi connectivity index (χ0v) is 10.3. The van der Waals surface area contributed by atoms with Crippen LogP contribution in [0.3, 0.4) is 0 Å². The standard InChI is InChI=1S/C14H22O2/c1-3-5-6-11-16-13-9-7-12(8-10-13)14(15)4-2/h7-10,14-15H,3-6,11H2,1-2H3/t14-/m1/s1. The topological polar surface area (TPSA) is 29.5 Å². The van der Waals surface area contributed by atoms with Crippen molar-refractivity contribution in [3.8, 4) is 5.75 Å². The van der Waals surface area contributed by atoms with Crippen LogP contribution in [-0.4, -0.2) is 11.7 Å². The number of hydrogen-bond acceptors (Lipinski definition) is 2. The zero-order valence-electron chi connectivity index (χ0n) is 10.3. The highest BCUT2D eigenvalue weighted by Gasteiger charge is 2.03. The van der Waals surface area contributed by atoms with Gasteiger partial charge in [0.25, 0.3) is 0 Å². The van der Waals surface area contributed by atoms with Gasteiger partial charge < -0.3 is 9.84 Å². The molecule has 0 aliphatic heterocycles. The average molecular weight is 222 g/mol. The van der Waals surface area contributed by atoms with Gasteiger partial charge in [-0.05, 0) is 30.5 Å². The number of unbranched alkanes of at least 4 members (excludes halogenated alkanes) is 2. The fraction of sp³-hybridized carbons (Fsp3) is 0.571. The Morgan fingerprint density at radius 3 is 2.38 bits per heavy atom. The van der Waals surface area contributed by atoms with Crippen LogP contribution in [0.4, 0.5) is 0 Å². The lowest BCUT2D eigenvalue weighted by Crippen LogP contribution is -1.98. The van der Waals surface area contributed by atoms with E-state index >= 15 is 0 Å². The third-order valence-corrected chi connectivity index (χ3v) is 2.67. The molecule has 0 amide bonds. The minimum Gasteiger partial charge on any atom is -0.494 e. The fourth-order valence-electron chi connectivity index (χ4n) is 1.56. The van der Waals surface area contributed by atoms with Gasteiger partial charge in [0.05, 0.1) is 12.7 Å². The molecule has 1 aromatic carbocycles. The molecule has 0 fully saturated rings. The second kappa shape index (κ2) is 7.29. The highest BCUT2D eigenvalue weighted by Crippen LogP contribution is 2.19. The summed E-state index contributed by atoms with van der Waals surface area (Å²) in [6, 6.07) is 7.73. The molecule has 0 aliphatic carbocycles. The van der Waals surface area contributed by atoms with Gasteiger partial charge in [-0.15, -0.1) is 0 Å². The molecule has 1 aromatic rings. The molecule has 0 bridgehead atoms. The van der Waals surface area contributed by atoms with Crippen molar-refractivity contribution in [2.24, 2.45) is 0 Å². The van der Waals surface area contributed by atoms with Crippen LogP contribution in [0.25, 0.3) is 0 Å². The van der Waals surface area contributed by atoms with Gasteiger partial charge >= 0.3 is 0 Å². The summed E-state index contributed by atoms with van der Waals surface area (Å²) in [5.74, 6) is 0.892. The van der Waals surface area contributed by atoms with Crippen LogP contribution in [0, 0.1) is 0 Å². The molecule has 0 saturated heterocycles. The predicted molar refractivity (Wildman–Crippen MR) is 66.7 cm³/mol. The molecular formula is C14H22O2. The van der Waals surface area contributed by atoms with E-state index in [-0.39, 0.29) is 6.10 Å². The fourth-order valence-corrected chi connectivity index (χ4v) is 1.56. The minimum atomic E-state index is -0.353. The summed E-state index contributed by atoms with van der Waals surface area (Å²) in [6.45, 7) is 4.93. The maximum atomic E-state index is 9.63. The molecular weight excluding hydrogens is 200 g/mol. The Kier molecular flexibility index (Phi) is 5.94. The maximum Gasteiger partial charge on any atom is 0.119 e. The van der Waals surface area contributed by atoms with Crippen molar-refractivity contribution in [2.45, 2.75) is 45.6 Å². The van der Waals surface area contributed by atoms with E-state index < -0.39 is 0 Å². The molecule has 16 heavy (non-hydrogen) atoms. The summed E-state index contributed by atoms with van der Waals surface area (Å²) in [5.41, 5.74) is 0.961. The van der Waals surface area contributed by atoms with Gasteiger partial charge in [-0.3, -0.25) is 0 Å². The van der Waals surface area contributed by atoms with Crippen LogP contribution >= 0.6 is 0 Å². The van der Waals surface area contributed by atoms with Crippen molar-refractivity contribution >= 4 is 0 Å². The van der Waals surface area contributed by atoms with E-state index in [0.717, 1.165) is 30.8 Å². The second-order valence-corrected chi connectivity index (χ2v) is 4.05. The molecule has 2 heteroatoms. The first-order chi connectivity index (χ1) is 7.77. The third kappa shape index (κ3) is 4.23. The van der Waals surface area contributed by atoms with E-state index in [1.807, 2.05) is 31.2 Å². The van der Waals surface area contributed by atoms with Crippen molar-refractivity contribution in [1.82, 2.24) is 0 Å². The summed E-state index contributed by atoms with van der Waals surface area (Å²) in [7, 11) is 0. The van der Waals surface area contributed by atoms with E-state index in [1.54, 1.807) is 0 Å². The predicted octanol–water partition coefficient (Wildman–Crippen LogP) is 3.70. The van der Waals surface area contributed by atoms with Gasteiger partial charge in [-0.2, -0.15) is 0 Å². The molecule has 1 atom stereocenters. The van der Waals surface area contributed by atoms with Crippen LogP contribution in [0.2, 0.25) is 0 Å². The molecule has 2 nitrogen and oxygen atoms in total. The van der Waals surface area contributed by atoms with Crippen molar-refractivity contribution < 1.29 is 9.84 Å². The van der Waals surface area contributed by atoms with E-state index in [0.29, 0.717) is 0 Å². The quantitative estimate of drug-likeness (QED) is 0.713. The van der Waals surface area contributed by atoms with Crippen LogP contribution in [-0.2, 0) is 0 Å². The van der Waals surface area contributed by atoms with Gasteiger partial charge in [0.1, 0.15) is 5.75 Å². The summed E-state index contributed by atoms with van der Waals surface area (Å²) in [4.78, 5) is 0. The Labute approximate surface area is 98.3 Å². The van der Waals surface area contributed by atoms with Gasteiger partial charge in [0.2, 0.25) is 0 Å². The Morgan fingerprint density at radius 1 is 1.12 bits per heavy atom. The van der Waals surface area contributed by atoms with Crippen LogP contribution in [0.15, 0.2) is 24.3 Å². The minimum absolute atomic E-state index is 0.353. The van der Waals surface area contributed by atoms with E-state index in [1.165, 1.54) is 12.8 Å². The first kappa shape index (κ1) is 13.0. The summed E-state index contributed by atoms with van der Waals surface area (Å²) in [5, 5.41) is 9.63. The lowest BCUT2D eigenvalue weighted by atomic mass is 10.1. The van der Waals surface area contributed by atoms with Crippen molar-refractivity contribution in [3.05, 3.63) is 29.8 Å². The first-order valence-corrected chi connectivity index (χ1v) is 6.18. The van der Waals surface area contributed by atoms with Crippen molar-refractivity contribution in [3.63, 3.8) is 0 Å². The van der Waals surface area contributed by atoms with E-state index in [4.69, 9.17) is 4.74 Å². The number of hydrogen-bond donors (Lipinski definition) is 1. The van der Waals surface area contributed by atoms with Gasteiger partial charge in [-0.25, -0.2) is 0 Å². The summed E-state index contributed by atoms with van der Waals surface area (Å²) >= 11 is 0. The van der Waals surface area contributed by atoms with E-state index in [2.05, 4.69) is 6.92 Å². The third-order valence-electron chi connectivity index (χ3n) is 2.67. The van der Waals surface area contributed by atoms with Crippen molar-refractivity contribution in [1.29, 1.82) is 0 Å².